The highest BCUT2D eigenvalue weighted by Crippen LogP contribution is 2.22. The topological polar surface area (TPSA) is 50.2 Å². The summed E-state index contributed by atoms with van der Waals surface area (Å²) in [5.74, 6) is -0.658. The Bertz CT molecular complexity index is 466. The molecule has 0 saturated carbocycles. The molecule has 1 aliphatic heterocycles. The largest absolute Gasteiger partial charge is 0.406 e. The maximum Gasteiger partial charge on any atom is 0.406 e. The fourth-order valence-corrected chi connectivity index (χ4v) is 2.35. The van der Waals surface area contributed by atoms with Crippen LogP contribution in [0.4, 0.5) is 13.2 Å². The van der Waals surface area contributed by atoms with Gasteiger partial charge in [-0.05, 0) is 25.9 Å². The maximum atomic E-state index is 12.7. The molecule has 8 heteroatoms. The molecule has 1 saturated heterocycles. The first-order valence-corrected chi connectivity index (χ1v) is 6.43. The predicted molar refractivity (Wildman–Crippen MR) is 66.2 cm³/mol. The highest BCUT2D eigenvalue weighted by molar-refractivity contribution is 5.92. The summed E-state index contributed by atoms with van der Waals surface area (Å²) in [5, 5.41) is 3.08. The number of carbonyl (C=O) groups is 1. The van der Waals surface area contributed by atoms with Gasteiger partial charge in [0.05, 0.1) is 6.33 Å². The normalized spacial score (nSPS) is 17.2. The van der Waals surface area contributed by atoms with E-state index in [-0.39, 0.29) is 5.69 Å². The monoisotopic (exact) mass is 290 g/mol. The number of rotatable bonds is 3. The lowest BCUT2D eigenvalue weighted by atomic mass is 10.0. The summed E-state index contributed by atoms with van der Waals surface area (Å²) in [5.41, 5.74) is 0.0512. The van der Waals surface area contributed by atoms with Crippen LogP contribution in [0.15, 0.2) is 12.5 Å². The smallest absolute Gasteiger partial charge is 0.340 e. The number of nitrogens with zero attached hydrogens (tertiary/aromatic N) is 3. The lowest BCUT2D eigenvalue weighted by Crippen LogP contribution is -2.49. The zero-order chi connectivity index (χ0) is 14.8. The third-order valence-corrected chi connectivity index (χ3v) is 3.28. The van der Waals surface area contributed by atoms with Crippen LogP contribution in [-0.2, 0) is 7.05 Å². The molecule has 0 aromatic carbocycles. The van der Waals surface area contributed by atoms with Gasteiger partial charge in [-0.3, -0.25) is 4.79 Å². The lowest BCUT2D eigenvalue weighted by Gasteiger charge is -2.34. The minimum atomic E-state index is -4.41. The SMILES string of the molecule is Cn1cnc(C(=O)N(CC(F)(F)F)C2CCNCC2)c1. The van der Waals surface area contributed by atoms with Crippen molar-refractivity contribution in [2.24, 2.45) is 7.05 Å². The molecular formula is C12H17F3N4O. The molecule has 1 N–H and O–H groups in total. The van der Waals surface area contributed by atoms with E-state index in [0.29, 0.717) is 25.9 Å². The van der Waals surface area contributed by atoms with E-state index in [9.17, 15) is 18.0 Å². The Hall–Kier alpha value is -1.57. The Balaban J connectivity index is 2.18. The second-order valence-corrected chi connectivity index (χ2v) is 4.95. The summed E-state index contributed by atoms with van der Waals surface area (Å²) in [6.45, 7) is 0.0100. The van der Waals surface area contributed by atoms with Gasteiger partial charge in [-0.2, -0.15) is 13.2 Å². The second-order valence-electron chi connectivity index (χ2n) is 4.95. The Labute approximate surface area is 114 Å². The summed E-state index contributed by atoms with van der Waals surface area (Å²) in [4.78, 5) is 17.0. The fraction of sp³-hybridized carbons (Fsp3) is 0.667. The van der Waals surface area contributed by atoms with E-state index in [1.807, 2.05) is 0 Å². The molecule has 0 bridgehead atoms. The Morgan fingerprint density at radius 2 is 2.15 bits per heavy atom. The van der Waals surface area contributed by atoms with Gasteiger partial charge < -0.3 is 14.8 Å². The summed E-state index contributed by atoms with van der Waals surface area (Å²) in [6.07, 6.45) is -0.521. The number of carbonyl (C=O) groups excluding carboxylic acids is 1. The minimum absolute atomic E-state index is 0.0512. The Morgan fingerprint density at radius 1 is 1.50 bits per heavy atom. The number of amides is 1. The molecule has 1 aromatic heterocycles. The first-order valence-electron chi connectivity index (χ1n) is 6.43. The number of piperidine rings is 1. The number of alkyl halides is 3. The van der Waals surface area contributed by atoms with E-state index in [1.54, 1.807) is 11.6 Å². The molecule has 112 valence electrons. The van der Waals surface area contributed by atoms with Crippen molar-refractivity contribution in [3.05, 3.63) is 18.2 Å². The number of aromatic nitrogens is 2. The van der Waals surface area contributed by atoms with Gasteiger partial charge in [0.25, 0.3) is 5.91 Å². The van der Waals surface area contributed by atoms with E-state index in [2.05, 4.69) is 10.3 Å². The van der Waals surface area contributed by atoms with Crippen molar-refractivity contribution in [2.75, 3.05) is 19.6 Å². The van der Waals surface area contributed by atoms with Gasteiger partial charge >= 0.3 is 6.18 Å². The summed E-state index contributed by atoms with van der Waals surface area (Å²) in [6, 6.07) is -0.396. The Morgan fingerprint density at radius 3 is 2.65 bits per heavy atom. The molecular weight excluding hydrogens is 273 g/mol. The number of hydrogen-bond donors (Lipinski definition) is 1. The molecule has 20 heavy (non-hydrogen) atoms. The molecule has 0 spiro atoms. The van der Waals surface area contributed by atoms with Crippen molar-refractivity contribution < 1.29 is 18.0 Å². The summed E-state index contributed by atoms with van der Waals surface area (Å²) in [7, 11) is 1.67. The van der Waals surface area contributed by atoms with Crippen molar-refractivity contribution in [3.8, 4) is 0 Å². The second kappa shape index (κ2) is 5.82. The average molecular weight is 290 g/mol. The van der Waals surface area contributed by atoms with Crippen LogP contribution in [0.5, 0.6) is 0 Å². The van der Waals surface area contributed by atoms with E-state index in [1.165, 1.54) is 12.5 Å². The molecule has 2 heterocycles. The molecule has 1 aliphatic rings. The van der Waals surface area contributed by atoms with Gasteiger partial charge in [0.2, 0.25) is 0 Å². The van der Waals surface area contributed by atoms with Gasteiger partial charge in [-0.15, -0.1) is 0 Å². The van der Waals surface area contributed by atoms with Gasteiger partial charge in [-0.25, -0.2) is 4.98 Å². The zero-order valence-corrected chi connectivity index (χ0v) is 11.2. The van der Waals surface area contributed by atoms with Crippen LogP contribution in [0.3, 0.4) is 0 Å². The molecule has 0 radical (unpaired) electrons. The average Bonchev–Trinajstić information content (AvgIpc) is 2.82. The molecule has 0 atom stereocenters. The van der Waals surface area contributed by atoms with Crippen LogP contribution in [0.25, 0.3) is 0 Å². The zero-order valence-electron chi connectivity index (χ0n) is 11.2. The molecule has 2 rings (SSSR count). The molecule has 0 unspecified atom stereocenters. The summed E-state index contributed by atoms with van der Waals surface area (Å²) < 4.78 is 39.7. The van der Waals surface area contributed by atoms with E-state index < -0.39 is 24.7 Å². The molecule has 0 aliphatic carbocycles. The van der Waals surface area contributed by atoms with Gasteiger partial charge in [0, 0.05) is 19.3 Å². The van der Waals surface area contributed by atoms with E-state index in [0.717, 1.165) is 4.90 Å². The van der Waals surface area contributed by atoms with E-state index >= 15 is 0 Å². The first-order chi connectivity index (χ1) is 9.37. The third-order valence-electron chi connectivity index (χ3n) is 3.28. The molecule has 1 aromatic rings. The van der Waals surface area contributed by atoms with Crippen molar-refractivity contribution in [2.45, 2.75) is 25.1 Å². The molecule has 1 amide bonds. The lowest BCUT2D eigenvalue weighted by molar-refractivity contribution is -0.145. The van der Waals surface area contributed by atoms with Crippen molar-refractivity contribution in [1.29, 1.82) is 0 Å². The van der Waals surface area contributed by atoms with Gasteiger partial charge in [-0.1, -0.05) is 0 Å². The summed E-state index contributed by atoms with van der Waals surface area (Å²) >= 11 is 0. The molecule has 1 fully saturated rings. The number of nitrogens with one attached hydrogen (secondary N) is 1. The van der Waals surface area contributed by atoms with Crippen molar-refractivity contribution in [3.63, 3.8) is 0 Å². The number of hydrogen-bond acceptors (Lipinski definition) is 3. The van der Waals surface area contributed by atoms with Gasteiger partial charge in [0.1, 0.15) is 12.2 Å². The highest BCUT2D eigenvalue weighted by Gasteiger charge is 2.37. The predicted octanol–water partition coefficient (Wildman–Crippen LogP) is 1.18. The number of aryl methyl sites for hydroxylation is 1. The van der Waals surface area contributed by atoms with Crippen LogP contribution in [0.1, 0.15) is 23.3 Å². The maximum absolute atomic E-state index is 12.7. The fourth-order valence-electron chi connectivity index (χ4n) is 2.35. The van der Waals surface area contributed by atoms with Crippen LogP contribution in [0, 0.1) is 0 Å². The molecule has 5 nitrogen and oxygen atoms in total. The minimum Gasteiger partial charge on any atom is -0.340 e. The van der Waals surface area contributed by atoms with E-state index in [4.69, 9.17) is 0 Å². The van der Waals surface area contributed by atoms with Crippen LogP contribution >= 0.6 is 0 Å². The standard InChI is InChI=1S/C12H17F3N4O/c1-18-6-10(17-8-18)11(20)19(7-12(13,14)15)9-2-4-16-5-3-9/h6,8-9,16H,2-5,7H2,1H3. The van der Waals surface area contributed by atoms with Crippen LogP contribution in [-0.4, -0.2) is 52.2 Å². The highest BCUT2D eigenvalue weighted by atomic mass is 19.4. The number of halogens is 3. The van der Waals surface area contributed by atoms with Crippen LogP contribution in [0.2, 0.25) is 0 Å². The number of imidazole rings is 1. The van der Waals surface area contributed by atoms with Crippen molar-refractivity contribution in [1.82, 2.24) is 19.8 Å². The quantitative estimate of drug-likeness (QED) is 0.909. The van der Waals surface area contributed by atoms with Crippen molar-refractivity contribution >= 4 is 5.91 Å². The third kappa shape index (κ3) is 3.72. The van der Waals surface area contributed by atoms with Crippen LogP contribution < -0.4 is 5.32 Å². The first kappa shape index (κ1) is 14.8. The van der Waals surface area contributed by atoms with Gasteiger partial charge in [0.15, 0.2) is 0 Å². The Kier molecular flexibility index (Phi) is 4.32.